The fraction of sp³-hybridized carbons (Fsp3) is 0.286. The summed E-state index contributed by atoms with van der Waals surface area (Å²) >= 11 is 1.37. The monoisotopic (exact) mass is 396 g/mol. The van der Waals surface area contributed by atoms with Crippen molar-refractivity contribution in [2.45, 2.75) is 19.4 Å². The largest absolute Gasteiger partial charge is 0.343 e. The van der Waals surface area contributed by atoms with Crippen molar-refractivity contribution in [3.05, 3.63) is 77.4 Å². The maximum absolute atomic E-state index is 13.0. The second-order valence-corrected chi connectivity index (χ2v) is 7.69. The number of hydrogen-bond acceptors (Lipinski definition) is 5. The summed E-state index contributed by atoms with van der Waals surface area (Å²) in [5, 5.41) is 0.871. The van der Waals surface area contributed by atoms with Crippen LogP contribution in [0.3, 0.4) is 0 Å². The average molecular weight is 396 g/mol. The van der Waals surface area contributed by atoms with Crippen molar-refractivity contribution < 1.29 is 9.18 Å². The molecule has 0 radical (unpaired) electrons. The number of piperazine rings is 1. The number of carbonyl (C=O) groups excluding carboxylic acids is 1. The first-order chi connectivity index (χ1) is 13.6. The summed E-state index contributed by atoms with van der Waals surface area (Å²) in [6, 6.07) is 15.9. The summed E-state index contributed by atoms with van der Waals surface area (Å²) < 4.78 is 17.5. The van der Waals surface area contributed by atoms with Crippen LogP contribution in [0.5, 0.6) is 0 Å². The van der Waals surface area contributed by atoms with Crippen LogP contribution in [0.2, 0.25) is 0 Å². The molecule has 28 heavy (non-hydrogen) atoms. The molecule has 1 saturated heterocycles. The second-order valence-electron chi connectivity index (χ2n) is 6.96. The molecule has 3 aromatic rings. The molecule has 7 heteroatoms. The molecule has 1 aliphatic heterocycles. The van der Waals surface area contributed by atoms with E-state index < -0.39 is 0 Å². The van der Waals surface area contributed by atoms with Crippen LogP contribution in [-0.4, -0.2) is 45.8 Å². The lowest BCUT2D eigenvalue weighted by atomic mass is 10.1. The van der Waals surface area contributed by atoms with E-state index in [2.05, 4.69) is 21.2 Å². The summed E-state index contributed by atoms with van der Waals surface area (Å²) in [6.45, 7) is 4.17. The summed E-state index contributed by atoms with van der Waals surface area (Å²) in [5.74, 6) is 0.566. The molecule has 4 rings (SSSR count). The number of anilines is 1. The van der Waals surface area contributed by atoms with Crippen LogP contribution in [0.15, 0.2) is 54.6 Å². The predicted octanol–water partition coefficient (Wildman–Crippen LogP) is 3.62. The van der Waals surface area contributed by atoms with Gasteiger partial charge < -0.3 is 9.80 Å². The van der Waals surface area contributed by atoms with E-state index in [1.807, 2.05) is 35.2 Å². The fourth-order valence-corrected chi connectivity index (χ4v) is 4.13. The highest BCUT2D eigenvalue weighted by Gasteiger charge is 2.29. The van der Waals surface area contributed by atoms with Crippen LogP contribution < -0.4 is 4.90 Å². The predicted molar refractivity (Wildman–Crippen MR) is 108 cm³/mol. The molecule has 144 valence electrons. The van der Waals surface area contributed by atoms with E-state index in [9.17, 15) is 9.18 Å². The number of amides is 1. The van der Waals surface area contributed by atoms with Gasteiger partial charge in [0.25, 0.3) is 5.91 Å². The Morgan fingerprint density at radius 1 is 1.14 bits per heavy atom. The molecule has 5 nitrogen and oxygen atoms in total. The Morgan fingerprint density at radius 3 is 2.61 bits per heavy atom. The minimum atomic E-state index is -0.243. The van der Waals surface area contributed by atoms with E-state index in [4.69, 9.17) is 0 Å². The quantitative estimate of drug-likeness (QED) is 0.676. The van der Waals surface area contributed by atoms with Crippen molar-refractivity contribution in [2.24, 2.45) is 0 Å². The highest BCUT2D eigenvalue weighted by molar-refractivity contribution is 7.09. The molecule has 0 saturated carbocycles. The van der Waals surface area contributed by atoms with Crippen LogP contribution in [0.1, 0.15) is 28.7 Å². The van der Waals surface area contributed by atoms with Crippen molar-refractivity contribution >= 4 is 22.6 Å². The molecule has 0 bridgehead atoms. The first-order valence-electron chi connectivity index (χ1n) is 9.28. The number of halogens is 1. The molecule has 2 heterocycles. The van der Waals surface area contributed by atoms with E-state index >= 15 is 0 Å². The highest BCUT2D eigenvalue weighted by atomic mass is 32.1. The van der Waals surface area contributed by atoms with E-state index in [1.54, 1.807) is 12.1 Å². The number of nitrogens with zero attached hydrogens (tertiary/aromatic N) is 4. The maximum atomic E-state index is 13.0. The fourth-order valence-electron chi connectivity index (χ4n) is 3.41. The number of hydrogen-bond donors (Lipinski definition) is 0. The molecular weight excluding hydrogens is 375 g/mol. The van der Waals surface area contributed by atoms with Crippen molar-refractivity contribution in [1.29, 1.82) is 0 Å². The number of carbonyl (C=O) groups is 1. The van der Waals surface area contributed by atoms with Crippen LogP contribution in [0.25, 0.3) is 0 Å². The van der Waals surface area contributed by atoms with Gasteiger partial charge in [-0.15, -0.1) is 0 Å². The molecule has 0 aliphatic carbocycles. The van der Waals surface area contributed by atoms with Gasteiger partial charge in [-0.1, -0.05) is 30.3 Å². The molecule has 1 amide bonds. The van der Waals surface area contributed by atoms with Crippen LogP contribution in [0.4, 0.5) is 9.52 Å². The highest BCUT2D eigenvalue weighted by Crippen LogP contribution is 2.23. The van der Waals surface area contributed by atoms with Crippen LogP contribution in [0, 0.1) is 5.82 Å². The summed E-state index contributed by atoms with van der Waals surface area (Å²) in [4.78, 5) is 21.5. The standard InChI is InChI=1S/C21H21FN4OS/c1-15-14-25(11-12-26(15)20(27)17-5-3-2-4-6-17)21-23-19(24-28-21)13-16-7-9-18(22)10-8-16/h2-10,15H,11-14H2,1H3. The lowest BCUT2D eigenvalue weighted by molar-refractivity contribution is 0.0674. The van der Waals surface area contributed by atoms with Gasteiger partial charge in [-0.3, -0.25) is 4.79 Å². The van der Waals surface area contributed by atoms with Gasteiger partial charge in [0.1, 0.15) is 11.6 Å². The zero-order valence-corrected chi connectivity index (χ0v) is 16.4. The van der Waals surface area contributed by atoms with Crippen LogP contribution in [-0.2, 0) is 6.42 Å². The van der Waals surface area contributed by atoms with Gasteiger partial charge in [0, 0.05) is 49.2 Å². The van der Waals surface area contributed by atoms with Crippen LogP contribution >= 0.6 is 11.5 Å². The maximum Gasteiger partial charge on any atom is 0.254 e. The average Bonchev–Trinajstić information content (AvgIpc) is 3.18. The summed E-state index contributed by atoms with van der Waals surface area (Å²) in [7, 11) is 0. The smallest absolute Gasteiger partial charge is 0.254 e. The minimum Gasteiger partial charge on any atom is -0.343 e. The third-order valence-corrected chi connectivity index (χ3v) is 5.73. The van der Waals surface area contributed by atoms with Gasteiger partial charge in [0.15, 0.2) is 0 Å². The van der Waals surface area contributed by atoms with E-state index in [1.165, 1.54) is 23.7 Å². The van der Waals surface area contributed by atoms with Crippen molar-refractivity contribution in [2.75, 3.05) is 24.5 Å². The number of benzene rings is 2. The third-order valence-electron chi connectivity index (χ3n) is 4.91. The molecule has 1 atom stereocenters. The second kappa shape index (κ2) is 8.06. The van der Waals surface area contributed by atoms with E-state index in [0.29, 0.717) is 13.0 Å². The van der Waals surface area contributed by atoms with Gasteiger partial charge in [-0.05, 0) is 36.8 Å². The Balaban J connectivity index is 1.40. The minimum absolute atomic E-state index is 0.0713. The lowest BCUT2D eigenvalue weighted by Gasteiger charge is -2.39. The van der Waals surface area contributed by atoms with Gasteiger partial charge in [-0.25, -0.2) is 9.37 Å². The summed E-state index contributed by atoms with van der Waals surface area (Å²) in [6.07, 6.45) is 0.582. The van der Waals surface area contributed by atoms with Crippen molar-refractivity contribution in [1.82, 2.24) is 14.3 Å². The lowest BCUT2D eigenvalue weighted by Crippen LogP contribution is -2.54. The molecule has 1 aromatic heterocycles. The van der Waals surface area contributed by atoms with Gasteiger partial charge >= 0.3 is 0 Å². The zero-order chi connectivity index (χ0) is 19.5. The van der Waals surface area contributed by atoms with E-state index in [0.717, 1.165) is 35.2 Å². The molecule has 0 N–H and O–H groups in total. The molecule has 0 spiro atoms. The first kappa shape index (κ1) is 18.6. The third kappa shape index (κ3) is 4.04. The number of rotatable bonds is 4. The summed E-state index contributed by atoms with van der Waals surface area (Å²) in [5.41, 5.74) is 1.71. The molecule has 2 aromatic carbocycles. The molecule has 1 fully saturated rings. The topological polar surface area (TPSA) is 49.3 Å². The first-order valence-corrected chi connectivity index (χ1v) is 10.1. The van der Waals surface area contributed by atoms with Crippen molar-refractivity contribution in [3.8, 4) is 0 Å². The Kier molecular flexibility index (Phi) is 5.34. The zero-order valence-electron chi connectivity index (χ0n) is 15.6. The van der Waals surface area contributed by atoms with E-state index in [-0.39, 0.29) is 17.8 Å². The van der Waals surface area contributed by atoms with Crippen molar-refractivity contribution in [3.63, 3.8) is 0 Å². The van der Waals surface area contributed by atoms with Gasteiger partial charge in [0.05, 0.1) is 0 Å². The number of aromatic nitrogens is 2. The Morgan fingerprint density at radius 2 is 1.89 bits per heavy atom. The normalized spacial score (nSPS) is 17.0. The molecule has 1 aliphatic rings. The Labute approximate surface area is 167 Å². The SMILES string of the molecule is CC1CN(c2nc(Cc3ccc(F)cc3)ns2)CCN1C(=O)c1ccccc1. The van der Waals surface area contributed by atoms with Gasteiger partial charge in [-0.2, -0.15) is 4.37 Å². The Hall–Kier alpha value is -2.80. The molecule has 1 unspecified atom stereocenters. The van der Waals surface area contributed by atoms with Gasteiger partial charge in [0.2, 0.25) is 5.13 Å². The Bertz CT molecular complexity index is 945. The molecular formula is C21H21FN4OS.